The van der Waals surface area contributed by atoms with Gasteiger partial charge in [-0.2, -0.15) is 0 Å². The van der Waals surface area contributed by atoms with Gasteiger partial charge in [0.25, 0.3) is 0 Å². The van der Waals surface area contributed by atoms with E-state index in [-0.39, 0.29) is 24.7 Å². The molecule has 0 aliphatic carbocycles. The number of carbonyl (C=O) groups excluding carboxylic acids is 1. The molecule has 0 aliphatic rings. The van der Waals surface area contributed by atoms with E-state index in [2.05, 4.69) is 0 Å². The van der Waals surface area contributed by atoms with Crippen molar-refractivity contribution in [3.63, 3.8) is 0 Å². The number of esters is 1. The number of anilines is 1. The van der Waals surface area contributed by atoms with E-state index in [4.69, 9.17) is 19.6 Å². The van der Waals surface area contributed by atoms with Crippen molar-refractivity contribution >= 4 is 22.6 Å². The quantitative estimate of drug-likeness (QED) is 0.657. The second-order valence-corrected chi connectivity index (χ2v) is 3.80. The summed E-state index contributed by atoms with van der Waals surface area (Å²) in [6, 6.07) is 6.55. The number of methoxy groups -OCH3 is 1. The van der Waals surface area contributed by atoms with Crippen molar-refractivity contribution in [2.75, 3.05) is 26.1 Å². The van der Waals surface area contributed by atoms with Gasteiger partial charge in [-0.3, -0.25) is 4.79 Å². The minimum Gasteiger partial charge on any atom is -0.457 e. The van der Waals surface area contributed by atoms with E-state index in [9.17, 15) is 9.59 Å². The van der Waals surface area contributed by atoms with E-state index in [1.807, 2.05) is 0 Å². The highest BCUT2D eigenvalue weighted by Crippen LogP contribution is 2.17. The Kier molecular flexibility index (Phi) is 3.82. The van der Waals surface area contributed by atoms with Crippen LogP contribution in [0.5, 0.6) is 0 Å². The molecular formula is C13H13NO5. The third-order valence-electron chi connectivity index (χ3n) is 2.54. The molecule has 0 amide bonds. The van der Waals surface area contributed by atoms with E-state index in [1.54, 1.807) is 24.3 Å². The monoisotopic (exact) mass is 263 g/mol. The van der Waals surface area contributed by atoms with Gasteiger partial charge in [0.2, 0.25) is 11.2 Å². The first-order chi connectivity index (χ1) is 9.15. The van der Waals surface area contributed by atoms with E-state index in [0.717, 1.165) is 0 Å². The first kappa shape index (κ1) is 13.1. The van der Waals surface area contributed by atoms with Gasteiger partial charge in [-0.1, -0.05) is 12.1 Å². The average molecular weight is 263 g/mol. The predicted octanol–water partition coefficient (Wildman–Crippen LogP) is 1.18. The minimum absolute atomic E-state index is 0.0608. The van der Waals surface area contributed by atoms with Crippen molar-refractivity contribution in [2.45, 2.75) is 0 Å². The highest BCUT2D eigenvalue weighted by atomic mass is 16.6. The number of para-hydroxylation sites is 1. The van der Waals surface area contributed by atoms with Gasteiger partial charge in [-0.25, -0.2) is 4.79 Å². The first-order valence-corrected chi connectivity index (χ1v) is 5.62. The molecule has 0 spiro atoms. The topological polar surface area (TPSA) is 91.8 Å². The Balaban J connectivity index is 2.41. The third kappa shape index (κ3) is 2.58. The van der Waals surface area contributed by atoms with Gasteiger partial charge in [0, 0.05) is 7.11 Å². The summed E-state index contributed by atoms with van der Waals surface area (Å²) in [6.07, 6.45) is 0. The molecule has 0 fully saturated rings. The van der Waals surface area contributed by atoms with Crippen LogP contribution in [-0.4, -0.2) is 26.3 Å². The molecule has 100 valence electrons. The van der Waals surface area contributed by atoms with Crippen LogP contribution < -0.4 is 11.2 Å². The largest absolute Gasteiger partial charge is 0.457 e. The van der Waals surface area contributed by atoms with Crippen LogP contribution in [0.1, 0.15) is 10.6 Å². The molecule has 6 nitrogen and oxygen atoms in total. The molecule has 6 heteroatoms. The maximum absolute atomic E-state index is 12.0. The zero-order valence-corrected chi connectivity index (χ0v) is 10.3. The number of nitrogens with two attached hydrogens (primary N) is 1. The first-order valence-electron chi connectivity index (χ1n) is 5.62. The van der Waals surface area contributed by atoms with E-state index < -0.39 is 11.4 Å². The lowest BCUT2D eigenvalue weighted by atomic mass is 10.2. The predicted molar refractivity (Wildman–Crippen MR) is 69.1 cm³/mol. The molecule has 0 atom stereocenters. The second kappa shape index (κ2) is 5.53. The highest BCUT2D eigenvalue weighted by Gasteiger charge is 2.19. The van der Waals surface area contributed by atoms with Crippen LogP contribution in [-0.2, 0) is 9.47 Å². The van der Waals surface area contributed by atoms with Crippen LogP contribution in [0.3, 0.4) is 0 Å². The van der Waals surface area contributed by atoms with Crippen LogP contribution in [0.15, 0.2) is 33.5 Å². The van der Waals surface area contributed by atoms with Crippen molar-refractivity contribution in [1.29, 1.82) is 0 Å². The minimum atomic E-state index is -0.780. The van der Waals surface area contributed by atoms with Crippen LogP contribution in [0, 0.1) is 0 Å². The number of ether oxygens (including phenoxy) is 2. The van der Waals surface area contributed by atoms with Crippen molar-refractivity contribution in [2.24, 2.45) is 0 Å². The van der Waals surface area contributed by atoms with Crippen molar-refractivity contribution < 1.29 is 18.7 Å². The Labute approximate surface area is 108 Å². The van der Waals surface area contributed by atoms with Crippen molar-refractivity contribution in [3.8, 4) is 0 Å². The van der Waals surface area contributed by atoms with E-state index >= 15 is 0 Å². The fourth-order valence-electron chi connectivity index (χ4n) is 1.59. The van der Waals surface area contributed by atoms with Gasteiger partial charge in [0.15, 0.2) is 0 Å². The lowest BCUT2D eigenvalue weighted by Crippen LogP contribution is -2.17. The maximum atomic E-state index is 12.0. The van der Waals surface area contributed by atoms with Crippen molar-refractivity contribution in [1.82, 2.24) is 0 Å². The Bertz CT molecular complexity index is 662. The molecule has 0 bridgehead atoms. The fraction of sp³-hybridized carbons (Fsp3) is 0.231. The summed E-state index contributed by atoms with van der Waals surface area (Å²) in [4.78, 5) is 23.7. The normalized spacial score (nSPS) is 10.6. The summed E-state index contributed by atoms with van der Waals surface area (Å²) in [6.45, 7) is 0.314. The third-order valence-corrected chi connectivity index (χ3v) is 2.54. The summed E-state index contributed by atoms with van der Waals surface area (Å²) in [5, 5.41) is 0.327. The number of carbonyl (C=O) groups is 1. The Morgan fingerprint density at radius 2 is 2.05 bits per heavy atom. The number of fused-ring (bicyclic) bond motifs is 1. The number of nitrogen functional groups attached to an aromatic ring is 1. The van der Waals surface area contributed by atoms with Gasteiger partial charge >= 0.3 is 5.97 Å². The zero-order chi connectivity index (χ0) is 13.8. The molecule has 0 aliphatic heterocycles. The van der Waals surface area contributed by atoms with E-state index in [0.29, 0.717) is 11.0 Å². The number of hydrogen-bond acceptors (Lipinski definition) is 6. The SMILES string of the molecule is COCCOC(=O)c1oc2ccccc2c(=O)c1N. The van der Waals surface area contributed by atoms with Gasteiger partial charge in [0.05, 0.1) is 12.0 Å². The van der Waals surface area contributed by atoms with Gasteiger partial charge in [0.1, 0.15) is 17.9 Å². The van der Waals surface area contributed by atoms with Crippen LogP contribution in [0.4, 0.5) is 5.69 Å². The summed E-state index contributed by atoms with van der Waals surface area (Å²) < 4.78 is 15.0. The molecule has 2 aromatic rings. The lowest BCUT2D eigenvalue weighted by Gasteiger charge is -2.06. The molecule has 19 heavy (non-hydrogen) atoms. The van der Waals surface area contributed by atoms with E-state index in [1.165, 1.54) is 7.11 Å². The molecule has 0 radical (unpaired) electrons. The molecule has 1 aromatic carbocycles. The van der Waals surface area contributed by atoms with Crippen LogP contribution in [0.2, 0.25) is 0 Å². The van der Waals surface area contributed by atoms with Gasteiger partial charge in [-0.05, 0) is 12.1 Å². The molecule has 0 saturated carbocycles. The Morgan fingerprint density at radius 1 is 1.32 bits per heavy atom. The Hall–Kier alpha value is -2.34. The zero-order valence-electron chi connectivity index (χ0n) is 10.3. The summed E-state index contributed by atoms with van der Waals surface area (Å²) in [5.74, 6) is -1.06. The number of benzene rings is 1. The van der Waals surface area contributed by atoms with Gasteiger partial charge < -0.3 is 19.6 Å². The molecule has 2 rings (SSSR count). The number of rotatable bonds is 4. The van der Waals surface area contributed by atoms with Crippen LogP contribution >= 0.6 is 0 Å². The molecule has 1 heterocycles. The average Bonchev–Trinajstić information content (AvgIpc) is 2.43. The van der Waals surface area contributed by atoms with Gasteiger partial charge in [-0.15, -0.1) is 0 Å². The molecule has 0 unspecified atom stereocenters. The lowest BCUT2D eigenvalue weighted by molar-refractivity contribution is 0.0357. The summed E-state index contributed by atoms with van der Waals surface area (Å²) in [7, 11) is 1.48. The molecule has 1 aromatic heterocycles. The smallest absolute Gasteiger partial charge is 0.376 e. The fourth-order valence-corrected chi connectivity index (χ4v) is 1.59. The molecule has 2 N–H and O–H groups in total. The van der Waals surface area contributed by atoms with Crippen LogP contribution in [0.25, 0.3) is 11.0 Å². The summed E-state index contributed by atoms with van der Waals surface area (Å²) >= 11 is 0. The standard InChI is InChI=1S/C13H13NO5/c1-17-6-7-18-13(16)12-10(14)11(15)8-4-2-3-5-9(8)19-12/h2-5H,6-7,14H2,1H3. The Morgan fingerprint density at radius 3 is 2.79 bits per heavy atom. The second-order valence-electron chi connectivity index (χ2n) is 3.80. The number of hydrogen-bond donors (Lipinski definition) is 1. The molecular weight excluding hydrogens is 250 g/mol. The maximum Gasteiger partial charge on any atom is 0.376 e. The van der Waals surface area contributed by atoms with Crippen molar-refractivity contribution in [3.05, 3.63) is 40.2 Å². The highest BCUT2D eigenvalue weighted by molar-refractivity contribution is 5.95. The summed E-state index contributed by atoms with van der Waals surface area (Å²) in [5.41, 5.74) is 5.21. The molecule has 0 saturated heterocycles.